The smallest absolute Gasteiger partial charge is 0.123 e. The highest BCUT2D eigenvalue weighted by Crippen LogP contribution is 2.28. The maximum absolute atomic E-state index is 4.12. The number of hydrogen-bond donors (Lipinski definition) is 1. The molecule has 0 atom stereocenters. The standard InChI is InChI=1S/C11H12N2S/c1-8-3-4-9(2)10(7-8)14-11-5-6-12-13-11/h3-7H,1-2H3,(H,12,13). The van der Waals surface area contributed by atoms with Crippen LogP contribution in [0.2, 0.25) is 0 Å². The average molecular weight is 204 g/mol. The number of hydrogen-bond acceptors (Lipinski definition) is 2. The summed E-state index contributed by atoms with van der Waals surface area (Å²) in [6.45, 7) is 4.22. The van der Waals surface area contributed by atoms with Crippen LogP contribution in [0.4, 0.5) is 0 Å². The first-order chi connectivity index (χ1) is 6.75. The zero-order valence-electron chi connectivity index (χ0n) is 8.24. The average Bonchev–Trinajstić information content (AvgIpc) is 2.64. The predicted octanol–water partition coefficient (Wildman–Crippen LogP) is 3.18. The molecule has 2 nitrogen and oxygen atoms in total. The summed E-state index contributed by atoms with van der Waals surface area (Å²) in [7, 11) is 0. The lowest BCUT2D eigenvalue weighted by Gasteiger charge is -2.03. The van der Waals surface area contributed by atoms with Crippen LogP contribution in [-0.4, -0.2) is 10.2 Å². The molecule has 0 aliphatic heterocycles. The van der Waals surface area contributed by atoms with E-state index in [2.05, 4.69) is 42.2 Å². The molecule has 0 spiro atoms. The van der Waals surface area contributed by atoms with Crippen LogP contribution in [-0.2, 0) is 0 Å². The monoisotopic (exact) mass is 204 g/mol. The zero-order chi connectivity index (χ0) is 9.97. The van der Waals surface area contributed by atoms with Crippen molar-refractivity contribution >= 4 is 11.8 Å². The van der Waals surface area contributed by atoms with Crippen LogP contribution in [0.1, 0.15) is 11.1 Å². The van der Waals surface area contributed by atoms with Crippen molar-refractivity contribution < 1.29 is 0 Å². The van der Waals surface area contributed by atoms with Gasteiger partial charge in [-0.1, -0.05) is 23.9 Å². The fourth-order valence-electron chi connectivity index (χ4n) is 1.23. The molecule has 0 saturated carbocycles. The first-order valence-electron chi connectivity index (χ1n) is 4.50. The van der Waals surface area contributed by atoms with Crippen molar-refractivity contribution in [3.63, 3.8) is 0 Å². The minimum absolute atomic E-state index is 1.01. The van der Waals surface area contributed by atoms with E-state index in [1.54, 1.807) is 11.8 Å². The Balaban J connectivity index is 2.28. The second-order valence-corrected chi connectivity index (χ2v) is 4.35. The molecule has 0 radical (unpaired) electrons. The molecule has 0 aliphatic rings. The maximum atomic E-state index is 4.12. The molecule has 1 heterocycles. The van der Waals surface area contributed by atoms with E-state index in [1.165, 1.54) is 16.0 Å². The summed E-state index contributed by atoms with van der Waals surface area (Å²) in [6, 6.07) is 8.44. The third-order valence-corrected chi connectivity index (χ3v) is 3.13. The number of nitrogens with zero attached hydrogens (tertiary/aromatic N) is 1. The minimum Gasteiger partial charge on any atom is -0.285 e. The van der Waals surface area contributed by atoms with Gasteiger partial charge in [0.15, 0.2) is 0 Å². The second-order valence-electron chi connectivity index (χ2n) is 3.28. The van der Waals surface area contributed by atoms with Crippen LogP contribution in [0.3, 0.4) is 0 Å². The predicted molar refractivity (Wildman–Crippen MR) is 58.6 cm³/mol. The SMILES string of the molecule is Cc1ccc(C)c(Sc2cc[nH]n2)c1. The van der Waals surface area contributed by atoms with Gasteiger partial charge < -0.3 is 0 Å². The Hall–Kier alpha value is -1.22. The Kier molecular flexibility index (Phi) is 2.59. The Morgan fingerprint density at radius 3 is 2.79 bits per heavy atom. The molecular weight excluding hydrogens is 192 g/mol. The highest BCUT2D eigenvalue weighted by molar-refractivity contribution is 7.99. The largest absolute Gasteiger partial charge is 0.285 e. The first-order valence-corrected chi connectivity index (χ1v) is 5.32. The Morgan fingerprint density at radius 2 is 2.07 bits per heavy atom. The molecule has 0 fully saturated rings. The van der Waals surface area contributed by atoms with Gasteiger partial charge in [0.05, 0.1) is 0 Å². The zero-order valence-corrected chi connectivity index (χ0v) is 9.06. The van der Waals surface area contributed by atoms with E-state index in [4.69, 9.17) is 0 Å². The van der Waals surface area contributed by atoms with E-state index in [1.807, 2.05) is 12.3 Å². The van der Waals surface area contributed by atoms with Gasteiger partial charge >= 0.3 is 0 Å². The number of H-pyrrole nitrogens is 1. The van der Waals surface area contributed by atoms with Gasteiger partial charge in [0, 0.05) is 11.1 Å². The lowest BCUT2D eigenvalue weighted by molar-refractivity contribution is 1.00. The number of rotatable bonds is 2. The van der Waals surface area contributed by atoms with Crippen LogP contribution in [0.5, 0.6) is 0 Å². The fourth-order valence-corrected chi connectivity index (χ4v) is 2.17. The molecule has 0 unspecified atom stereocenters. The molecule has 1 N–H and O–H groups in total. The summed E-state index contributed by atoms with van der Waals surface area (Å²) in [4.78, 5) is 1.28. The van der Waals surface area contributed by atoms with Crippen LogP contribution >= 0.6 is 11.8 Å². The van der Waals surface area contributed by atoms with Gasteiger partial charge in [0.2, 0.25) is 0 Å². The Labute approximate surface area is 87.7 Å². The summed E-state index contributed by atoms with van der Waals surface area (Å²) in [5.74, 6) is 0. The molecule has 2 rings (SSSR count). The van der Waals surface area contributed by atoms with Crippen molar-refractivity contribution in [2.45, 2.75) is 23.8 Å². The molecule has 0 bridgehead atoms. The number of benzene rings is 1. The number of nitrogens with one attached hydrogen (secondary N) is 1. The molecule has 3 heteroatoms. The van der Waals surface area contributed by atoms with Gasteiger partial charge in [0.1, 0.15) is 5.03 Å². The Bertz CT molecular complexity index is 421. The van der Waals surface area contributed by atoms with E-state index < -0.39 is 0 Å². The summed E-state index contributed by atoms with van der Waals surface area (Å²) in [5.41, 5.74) is 2.58. The minimum atomic E-state index is 1.01. The first kappa shape index (κ1) is 9.34. The molecule has 0 saturated heterocycles. The van der Waals surface area contributed by atoms with Crippen LogP contribution in [0.25, 0.3) is 0 Å². The fraction of sp³-hybridized carbons (Fsp3) is 0.182. The summed E-state index contributed by atoms with van der Waals surface area (Å²) in [6.07, 6.45) is 1.84. The van der Waals surface area contributed by atoms with Crippen molar-refractivity contribution in [3.8, 4) is 0 Å². The van der Waals surface area contributed by atoms with Gasteiger partial charge in [-0.3, -0.25) is 5.10 Å². The van der Waals surface area contributed by atoms with Gasteiger partial charge in [-0.15, -0.1) is 0 Å². The molecule has 2 aromatic rings. The van der Waals surface area contributed by atoms with Crippen LogP contribution in [0, 0.1) is 13.8 Å². The molecule has 72 valence electrons. The molecule has 0 amide bonds. The summed E-state index contributed by atoms with van der Waals surface area (Å²) >= 11 is 1.69. The van der Waals surface area contributed by atoms with Gasteiger partial charge in [0.25, 0.3) is 0 Å². The Morgan fingerprint density at radius 1 is 1.21 bits per heavy atom. The van der Waals surface area contributed by atoms with Gasteiger partial charge in [-0.05, 0) is 37.1 Å². The van der Waals surface area contributed by atoms with E-state index in [-0.39, 0.29) is 0 Å². The van der Waals surface area contributed by atoms with Gasteiger partial charge in [-0.25, -0.2) is 0 Å². The van der Waals surface area contributed by atoms with E-state index in [0.717, 1.165) is 5.03 Å². The second kappa shape index (κ2) is 3.88. The number of aryl methyl sites for hydroxylation is 2. The van der Waals surface area contributed by atoms with Crippen molar-refractivity contribution in [1.82, 2.24) is 10.2 Å². The van der Waals surface area contributed by atoms with E-state index in [0.29, 0.717) is 0 Å². The van der Waals surface area contributed by atoms with Crippen LogP contribution < -0.4 is 0 Å². The van der Waals surface area contributed by atoms with Crippen molar-refractivity contribution in [2.24, 2.45) is 0 Å². The molecule has 0 aliphatic carbocycles. The van der Waals surface area contributed by atoms with E-state index in [9.17, 15) is 0 Å². The highest BCUT2D eigenvalue weighted by Gasteiger charge is 2.02. The lowest BCUT2D eigenvalue weighted by atomic mass is 10.2. The van der Waals surface area contributed by atoms with Crippen molar-refractivity contribution in [2.75, 3.05) is 0 Å². The molecule has 1 aromatic heterocycles. The summed E-state index contributed by atoms with van der Waals surface area (Å²) in [5, 5.41) is 7.95. The number of aromatic nitrogens is 2. The molecule has 14 heavy (non-hydrogen) atoms. The topological polar surface area (TPSA) is 28.7 Å². The lowest BCUT2D eigenvalue weighted by Crippen LogP contribution is -1.81. The van der Waals surface area contributed by atoms with Crippen LogP contribution in [0.15, 0.2) is 40.4 Å². The third kappa shape index (κ3) is 1.99. The molecular formula is C11H12N2S. The van der Waals surface area contributed by atoms with Crippen molar-refractivity contribution in [1.29, 1.82) is 0 Å². The quantitative estimate of drug-likeness (QED) is 0.814. The summed E-state index contributed by atoms with van der Waals surface area (Å²) < 4.78 is 0. The molecule has 1 aromatic carbocycles. The third-order valence-electron chi connectivity index (χ3n) is 2.03. The number of aromatic amines is 1. The van der Waals surface area contributed by atoms with Crippen molar-refractivity contribution in [3.05, 3.63) is 41.6 Å². The van der Waals surface area contributed by atoms with Gasteiger partial charge in [-0.2, -0.15) is 5.10 Å². The highest BCUT2D eigenvalue weighted by atomic mass is 32.2. The normalized spacial score (nSPS) is 10.4. The van der Waals surface area contributed by atoms with E-state index >= 15 is 0 Å². The maximum Gasteiger partial charge on any atom is 0.123 e.